The predicted molar refractivity (Wildman–Crippen MR) is 82.0 cm³/mol. The molecule has 0 bridgehead atoms. The first-order valence-corrected chi connectivity index (χ1v) is 16.5. The fourth-order valence-corrected chi connectivity index (χ4v) is 1.31. The monoisotopic (exact) mass is 386 g/mol. The van der Waals surface area contributed by atoms with Crippen LogP contribution in [0, 0.1) is 6.92 Å². The summed E-state index contributed by atoms with van der Waals surface area (Å²) in [7, 11) is 16.1. The average Bonchev–Trinajstić information content (AvgIpc) is 2.57. The molecule has 0 aliphatic heterocycles. The second-order valence-electron chi connectivity index (χ2n) is 3.38. The van der Waals surface area contributed by atoms with E-state index in [0.29, 0.717) is 0 Å². The van der Waals surface area contributed by atoms with Gasteiger partial charge in [0.05, 0.1) is 0 Å². The van der Waals surface area contributed by atoms with E-state index < -0.39 is 18.2 Å². The molecule has 0 saturated carbocycles. The summed E-state index contributed by atoms with van der Waals surface area (Å²) in [5.74, 6) is 0. The molecular weight excluding hydrogens is 373 g/mol. The summed E-state index contributed by atoms with van der Waals surface area (Å²) in [4.78, 5) is 0. The Morgan fingerprint density at radius 1 is 1.12 bits per heavy atom. The van der Waals surface area contributed by atoms with E-state index in [0.717, 1.165) is 8.58 Å². The van der Waals surface area contributed by atoms with Crippen molar-refractivity contribution >= 4 is 44.9 Å². The van der Waals surface area contributed by atoms with Gasteiger partial charge in [-0.1, -0.05) is 13.0 Å². The molecule has 95 valence electrons. The van der Waals surface area contributed by atoms with Crippen LogP contribution < -0.4 is 0 Å². The van der Waals surface area contributed by atoms with Gasteiger partial charge < -0.3 is 0 Å². The van der Waals surface area contributed by atoms with E-state index in [1.807, 2.05) is 0 Å². The SMILES string of the molecule is CPC.Cc1cc2ccccc2[cH-]1.[Cl][Zr]([Cl])[Cl]. The molecule has 17 heavy (non-hydrogen) atoms. The molecule has 0 amide bonds. The van der Waals surface area contributed by atoms with Crippen molar-refractivity contribution in [2.24, 2.45) is 0 Å². The van der Waals surface area contributed by atoms with Gasteiger partial charge in [-0.15, -0.1) is 49.2 Å². The maximum atomic E-state index is 5.00. The second kappa shape index (κ2) is 10.9. The van der Waals surface area contributed by atoms with E-state index in [-0.39, 0.29) is 0 Å². The molecule has 0 spiro atoms. The third-order valence-electron chi connectivity index (χ3n) is 1.76. The number of halogens is 3. The van der Waals surface area contributed by atoms with Gasteiger partial charge >= 0.3 is 43.7 Å². The Kier molecular flexibility index (Phi) is 11.5. The molecule has 0 aliphatic carbocycles. The molecule has 2 aromatic rings. The van der Waals surface area contributed by atoms with Crippen LogP contribution in [-0.2, 0) is 18.2 Å². The van der Waals surface area contributed by atoms with Crippen LogP contribution in [0.5, 0.6) is 0 Å². The second-order valence-corrected chi connectivity index (χ2v) is 15.6. The molecule has 0 fully saturated rings. The quantitative estimate of drug-likeness (QED) is 0.392. The van der Waals surface area contributed by atoms with Crippen molar-refractivity contribution in [1.29, 1.82) is 0 Å². The number of hydrogen-bond donors (Lipinski definition) is 0. The molecular formula is C12H16Cl3PZr-. The molecule has 0 aliphatic rings. The van der Waals surface area contributed by atoms with Gasteiger partial charge in [0.1, 0.15) is 0 Å². The summed E-state index contributed by atoms with van der Waals surface area (Å²) in [6.07, 6.45) is 0. The first kappa shape index (κ1) is 18.0. The van der Waals surface area contributed by atoms with Gasteiger partial charge in [0.2, 0.25) is 0 Å². The minimum atomic E-state index is -2.13. The van der Waals surface area contributed by atoms with Crippen LogP contribution in [0.2, 0.25) is 0 Å². The van der Waals surface area contributed by atoms with E-state index >= 15 is 0 Å². The van der Waals surface area contributed by atoms with Crippen LogP contribution in [0.15, 0.2) is 36.4 Å². The van der Waals surface area contributed by atoms with Crippen LogP contribution in [0.25, 0.3) is 10.8 Å². The van der Waals surface area contributed by atoms with E-state index in [1.54, 1.807) is 0 Å². The Morgan fingerprint density at radius 3 is 2.06 bits per heavy atom. The van der Waals surface area contributed by atoms with Gasteiger partial charge in [-0.25, -0.2) is 0 Å². The predicted octanol–water partition coefficient (Wildman–Crippen LogP) is 5.86. The fraction of sp³-hybridized carbons (Fsp3) is 0.250. The number of aryl methyl sites for hydroxylation is 1. The molecule has 0 N–H and O–H groups in total. The van der Waals surface area contributed by atoms with E-state index in [1.165, 1.54) is 16.3 Å². The van der Waals surface area contributed by atoms with E-state index in [9.17, 15) is 0 Å². The number of benzene rings is 1. The van der Waals surface area contributed by atoms with Crippen LogP contribution in [0.3, 0.4) is 0 Å². The van der Waals surface area contributed by atoms with Crippen molar-refractivity contribution in [3.63, 3.8) is 0 Å². The number of fused-ring (bicyclic) bond motifs is 1. The van der Waals surface area contributed by atoms with Gasteiger partial charge in [0.25, 0.3) is 0 Å². The molecule has 0 atom stereocenters. The van der Waals surface area contributed by atoms with Crippen molar-refractivity contribution in [3.8, 4) is 0 Å². The van der Waals surface area contributed by atoms with Crippen molar-refractivity contribution in [2.75, 3.05) is 13.3 Å². The standard InChI is InChI=1S/C10H9.C2H7P.3ClH.Zr/c1-8-6-9-4-2-3-5-10(9)7-8;1-3-2;;;;/h2-7H,1H3;3H,1-2H3;3*1H;/q-1;;;;;+3/p-3. The Balaban J connectivity index is 0.000000311. The fourth-order valence-electron chi connectivity index (χ4n) is 1.31. The summed E-state index contributed by atoms with van der Waals surface area (Å²) < 4.78 is 0. The van der Waals surface area contributed by atoms with Crippen molar-refractivity contribution < 1.29 is 18.2 Å². The molecule has 5 heteroatoms. The molecule has 0 nitrogen and oxygen atoms in total. The Bertz CT molecular complexity index is 379. The number of rotatable bonds is 0. The number of hydrogen-bond acceptors (Lipinski definition) is 0. The Labute approximate surface area is 124 Å². The molecule has 2 rings (SSSR count). The van der Waals surface area contributed by atoms with Crippen LogP contribution in [0.1, 0.15) is 5.56 Å². The van der Waals surface area contributed by atoms with Gasteiger partial charge in [-0.05, 0) is 13.3 Å². The van der Waals surface area contributed by atoms with Gasteiger partial charge in [0, 0.05) is 0 Å². The molecule has 0 unspecified atom stereocenters. The third-order valence-corrected chi connectivity index (χ3v) is 1.76. The normalized spacial score (nSPS) is 8.82. The zero-order valence-electron chi connectivity index (χ0n) is 10.1. The van der Waals surface area contributed by atoms with Crippen molar-refractivity contribution in [1.82, 2.24) is 0 Å². The van der Waals surface area contributed by atoms with Gasteiger partial charge in [-0.2, -0.15) is 6.07 Å². The molecule has 0 heterocycles. The summed E-state index contributed by atoms with van der Waals surface area (Å²) >= 11 is -2.13. The first-order chi connectivity index (χ1) is 8.01. The average molecular weight is 389 g/mol. The van der Waals surface area contributed by atoms with E-state index in [2.05, 4.69) is 56.7 Å². The molecule has 0 saturated heterocycles. The Morgan fingerprint density at radius 2 is 1.59 bits per heavy atom. The summed E-state index contributed by atoms with van der Waals surface area (Å²) in [6.45, 7) is 6.43. The van der Waals surface area contributed by atoms with Gasteiger partial charge in [0.15, 0.2) is 0 Å². The van der Waals surface area contributed by atoms with Crippen molar-refractivity contribution in [3.05, 3.63) is 42.0 Å². The molecule has 0 radical (unpaired) electrons. The van der Waals surface area contributed by atoms with Gasteiger partial charge in [-0.3, -0.25) is 0 Å². The summed E-state index contributed by atoms with van der Waals surface area (Å²) in [6, 6.07) is 12.8. The van der Waals surface area contributed by atoms with Crippen LogP contribution in [-0.4, -0.2) is 13.3 Å². The first-order valence-electron chi connectivity index (χ1n) is 5.05. The summed E-state index contributed by atoms with van der Waals surface area (Å²) in [5.41, 5.74) is 1.35. The van der Waals surface area contributed by atoms with E-state index in [4.69, 9.17) is 25.5 Å². The third kappa shape index (κ3) is 9.57. The molecule has 2 aromatic carbocycles. The Hall–Kier alpha value is 1.01. The van der Waals surface area contributed by atoms with Crippen LogP contribution in [0.4, 0.5) is 0 Å². The molecule has 0 aromatic heterocycles. The minimum absolute atomic E-state index is 1.08. The zero-order chi connectivity index (χ0) is 13.3. The maximum absolute atomic E-state index is 5.00. The van der Waals surface area contributed by atoms with Crippen molar-refractivity contribution in [2.45, 2.75) is 6.92 Å². The summed E-state index contributed by atoms with van der Waals surface area (Å²) in [5, 5.41) is 2.69. The van der Waals surface area contributed by atoms with Crippen LogP contribution >= 0.6 is 34.1 Å². The topological polar surface area (TPSA) is 0 Å². The zero-order valence-corrected chi connectivity index (χ0v) is 15.8.